The molecule has 2 aromatic rings. The van der Waals surface area contributed by atoms with Crippen molar-refractivity contribution in [1.82, 2.24) is 4.98 Å². The van der Waals surface area contributed by atoms with E-state index in [9.17, 15) is 5.11 Å². The zero-order valence-corrected chi connectivity index (χ0v) is 11.9. The fraction of sp³-hybridized carbons (Fsp3) is 0.267. The molecule has 1 N–H and O–H groups in total. The molecule has 18 heavy (non-hydrogen) atoms. The fourth-order valence-corrected chi connectivity index (χ4v) is 2.11. The third-order valence-corrected chi connectivity index (χ3v) is 3.33. The molecule has 0 aliphatic rings. The van der Waals surface area contributed by atoms with Crippen molar-refractivity contribution in [1.29, 1.82) is 0 Å². The van der Waals surface area contributed by atoms with Crippen LogP contribution in [0.15, 0.2) is 47.1 Å². The summed E-state index contributed by atoms with van der Waals surface area (Å²) >= 11 is 3.33. The van der Waals surface area contributed by atoms with E-state index in [-0.39, 0.29) is 0 Å². The molecule has 94 valence electrons. The molecule has 2 nitrogen and oxygen atoms in total. The number of hydrogen-bond donors (Lipinski definition) is 1. The van der Waals surface area contributed by atoms with Gasteiger partial charge in [-0.25, -0.2) is 0 Å². The van der Waals surface area contributed by atoms with Crippen LogP contribution < -0.4 is 0 Å². The molecule has 0 amide bonds. The predicted octanol–water partition coefficient (Wildman–Crippen LogP) is 3.88. The second-order valence-corrected chi connectivity index (χ2v) is 5.21. The summed E-state index contributed by atoms with van der Waals surface area (Å²) in [5, 5.41) is 10.2. The van der Waals surface area contributed by atoms with Crippen LogP contribution in [0.5, 0.6) is 0 Å². The Bertz CT molecular complexity index is 493. The number of hydrogen-bond acceptors (Lipinski definition) is 2. The highest BCUT2D eigenvalue weighted by Crippen LogP contribution is 2.21. The summed E-state index contributed by atoms with van der Waals surface area (Å²) in [5.74, 6) is 0. The van der Waals surface area contributed by atoms with Gasteiger partial charge in [-0.15, -0.1) is 0 Å². The lowest BCUT2D eigenvalue weighted by atomic mass is 10.0. The highest BCUT2D eigenvalue weighted by molar-refractivity contribution is 9.10. The molecule has 0 aliphatic carbocycles. The van der Waals surface area contributed by atoms with E-state index in [0.29, 0.717) is 5.69 Å². The number of aliphatic hydroxyl groups is 1. The van der Waals surface area contributed by atoms with Gasteiger partial charge in [0.05, 0.1) is 5.69 Å². The van der Waals surface area contributed by atoms with Crippen LogP contribution in [0.1, 0.15) is 36.3 Å². The standard InChI is InChI=1S/C15H16BrNO/c1-2-3-11-4-6-12(7-5-11)15(18)14-9-8-13(16)10-17-14/h4-10,15,18H,2-3H2,1H3. The Morgan fingerprint density at radius 2 is 1.89 bits per heavy atom. The molecule has 0 aliphatic heterocycles. The summed E-state index contributed by atoms with van der Waals surface area (Å²) in [4.78, 5) is 4.22. The number of pyridine rings is 1. The molecule has 1 unspecified atom stereocenters. The van der Waals surface area contributed by atoms with E-state index in [1.165, 1.54) is 5.56 Å². The Kier molecular flexibility index (Phi) is 4.50. The molecule has 0 saturated carbocycles. The van der Waals surface area contributed by atoms with Crippen LogP contribution in [-0.4, -0.2) is 10.1 Å². The normalized spacial score (nSPS) is 12.4. The summed E-state index contributed by atoms with van der Waals surface area (Å²) in [6, 6.07) is 11.8. The van der Waals surface area contributed by atoms with E-state index in [4.69, 9.17) is 0 Å². The minimum atomic E-state index is -0.659. The topological polar surface area (TPSA) is 33.1 Å². The minimum Gasteiger partial charge on any atom is -0.382 e. The second kappa shape index (κ2) is 6.12. The number of aromatic nitrogens is 1. The van der Waals surface area contributed by atoms with E-state index in [0.717, 1.165) is 22.9 Å². The summed E-state index contributed by atoms with van der Waals surface area (Å²) in [6.45, 7) is 2.16. The predicted molar refractivity (Wildman–Crippen MR) is 76.4 cm³/mol. The first-order valence-electron chi connectivity index (χ1n) is 6.09. The lowest BCUT2D eigenvalue weighted by Gasteiger charge is -2.11. The highest BCUT2D eigenvalue weighted by Gasteiger charge is 2.11. The maximum absolute atomic E-state index is 10.2. The average molecular weight is 306 g/mol. The molecule has 1 heterocycles. The fourth-order valence-electron chi connectivity index (χ4n) is 1.88. The maximum Gasteiger partial charge on any atom is 0.121 e. The van der Waals surface area contributed by atoms with Gasteiger partial charge >= 0.3 is 0 Å². The first-order valence-corrected chi connectivity index (χ1v) is 6.88. The Labute approximate surface area is 116 Å². The third-order valence-electron chi connectivity index (χ3n) is 2.86. The lowest BCUT2D eigenvalue weighted by Crippen LogP contribution is -2.02. The minimum absolute atomic E-state index is 0.659. The van der Waals surface area contributed by atoms with Gasteiger partial charge in [0.2, 0.25) is 0 Å². The van der Waals surface area contributed by atoms with E-state index < -0.39 is 6.10 Å². The van der Waals surface area contributed by atoms with Crippen molar-refractivity contribution in [2.24, 2.45) is 0 Å². The maximum atomic E-state index is 10.2. The van der Waals surface area contributed by atoms with Crippen LogP contribution in [0.4, 0.5) is 0 Å². The van der Waals surface area contributed by atoms with Gasteiger partial charge in [0, 0.05) is 10.7 Å². The van der Waals surface area contributed by atoms with E-state index in [2.05, 4.69) is 40.0 Å². The molecule has 0 fully saturated rings. The Hall–Kier alpha value is -1.19. The first kappa shape index (κ1) is 13.2. The average Bonchev–Trinajstić information content (AvgIpc) is 2.40. The van der Waals surface area contributed by atoms with Crippen LogP contribution in [0.25, 0.3) is 0 Å². The van der Waals surface area contributed by atoms with Gasteiger partial charge in [0.25, 0.3) is 0 Å². The van der Waals surface area contributed by atoms with Crippen LogP contribution in [-0.2, 0) is 6.42 Å². The van der Waals surface area contributed by atoms with E-state index in [1.807, 2.05) is 24.3 Å². The smallest absolute Gasteiger partial charge is 0.121 e. The molecule has 2 rings (SSSR count). The zero-order valence-electron chi connectivity index (χ0n) is 10.3. The number of halogens is 1. The quantitative estimate of drug-likeness (QED) is 0.930. The molecule has 0 bridgehead atoms. The van der Waals surface area contributed by atoms with Crippen molar-refractivity contribution in [3.05, 3.63) is 63.9 Å². The van der Waals surface area contributed by atoms with Gasteiger partial charge in [0.1, 0.15) is 6.10 Å². The van der Waals surface area contributed by atoms with Crippen molar-refractivity contribution >= 4 is 15.9 Å². The van der Waals surface area contributed by atoms with Crippen LogP contribution in [0, 0.1) is 0 Å². The summed E-state index contributed by atoms with van der Waals surface area (Å²) in [7, 11) is 0. The number of nitrogens with zero attached hydrogens (tertiary/aromatic N) is 1. The van der Waals surface area contributed by atoms with Crippen LogP contribution >= 0.6 is 15.9 Å². The first-order chi connectivity index (χ1) is 8.70. The van der Waals surface area contributed by atoms with Crippen LogP contribution in [0.3, 0.4) is 0 Å². The van der Waals surface area contributed by atoms with Gasteiger partial charge in [0.15, 0.2) is 0 Å². The number of aryl methyl sites for hydroxylation is 1. The van der Waals surface area contributed by atoms with E-state index in [1.54, 1.807) is 6.20 Å². The van der Waals surface area contributed by atoms with Crippen molar-refractivity contribution < 1.29 is 5.11 Å². The molecule has 0 radical (unpaired) electrons. The lowest BCUT2D eigenvalue weighted by molar-refractivity contribution is 0.215. The number of rotatable bonds is 4. The summed E-state index contributed by atoms with van der Waals surface area (Å²) in [5.41, 5.74) is 2.85. The number of benzene rings is 1. The van der Waals surface area contributed by atoms with Crippen molar-refractivity contribution in [3.63, 3.8) is 0 Å². The van der Waals surface area contributed by atoms with Gasteiger partial charge in [-0.2, -0.15) is 0 Å². The molecule has 3 heteroatoms. The SMILES string of the molecule is CCCc1ccc(C(O)c2ccc(Br)cn2)cc1. The molecule has 1 aromatic heterocycles. The summed E-state index contributed by atoms with van der Waals surface area (Å²) < 4.78 is 0.914. The van der Waals surface area contributed by atoms with Crippen molar-refractivity contribution in [2.45, 2.75) is 25.9 Å². The van der Waals surface area contributed by atoms with Gasteiger partial charge in [-0.05, 0) is 45.6 Å². The number of aliphatic hydroxyl groups excluding tert-OH is 1. The molecular weight excluding hydrogens is 290 g/mol. The molecule has 0 spiro atoms. The van der Waals surface area contributed by atoms with Gasteiger partial charge in [-0.3, -0.25) is 4.98 Å². The molecular formula is C15H16BrNO. The Morgan fingerprint density at radius 1 is 1.17 bits per heavy atom. The van der Waals surface area contributed by atoms with Gasteiger partial charge < -0.3 is 5.11 Å². The highest BCUT2D eigenvalue weighted by atomic mass is 79.9. The van der Waals surface area contributed by atoms with Crippen LogP contribution in [0.2, 0.25) is 0 Å². The second-order valence-electron chi connectivity index (χ2n) is 4.30. The largest absolute Gasteiger partial charge is 0.382 e. The Balaban J connectivity index is 2.17. The molecule has 1 aromatic carbocycles. The van der Waals surface area contributed by atoms with Crippen molar-refractivity contribution in [3.8, 4) is 0 Å². The third kappa shape index (κ3) is 3.18. The van der Waals surface area contributed by atoms with Crippen molar-refractivity contribution in [2.75, 3.05) is 0 Å². The summed E-state index contributed by atoms with van der Waals surface area (Å²) in [6.07, 6.45) is 3.25. The monoisotopic (exact) mass is 305 g/mol. The molecule has 1 atom stereocenters. The van der Waals surface area contributed by atoms with Gasteiger partial charge in [-0.1, -0.05) is 37.6 Å². The van der Waals surface area contributed by atoms with E-state index >= 15 is 0 Å². The molecule has 0 saturated heterocycles. The zero-order chi connectivity index (χ0) is 13.0. The Morgan fingerprint density at radius 3 is 2.44 bits per heavy atom.